The summed E-state index contributed by atoms with van der Waals surface area (Å²) in [6, 6.07) is 13.7. The maximum absolute atomic E-state index is 12.5. The quantitative estimate of drug-likeness (QED) is 0.288. The third-order valence-corrected chi connectivity index (χ3v) is 7.03. The van der Waals surface area contributed by atoms with Gasteiger partial charge in [0, 0.05) is 0 Å². The lowest BCUT2D eigenvalue weighted by atomic mass is 10.2. The molecule has 0 atom stereocenters. The van der Waals surface area contributed by atoms with Crippen molar-refractivity contribution in [1.29, 1.82) is 0 Å². The molecule has 0 saturated heterocycles. The van der Waals surface area contributed by atoms with Gasteiger partial charge in [0.25, 0.3) is 0 Å². The van der Waals surface area contributed by atoms with Gasteiger partial charge >= 0.3 is 11.8 Å². The van der Waals surface area contributed by atoms with Crippen molar-refractivity contribution >= 4 is 55.8 Å². The lowest BCUT2D eigenvalue weighted by Crippen LogP contribution is -2.29. The number of thioether (sulfide) groups is 1. The van der Waals surface area contributed by atoms with Gasteiger partial charge in [0.1, 0.15) is 0 Å². The molecule has 13 heteroatoms. The summed E-state index contributed by atoms with van der Waals surface area (Å²) in [7, 11) is -1.89. The second-order valence-electron chi connectivity index (χ2n) is 6.71. The summed E-state index contributed by atoms with van der Waals surface area (Å²) in [5.74, 6) is -0.584. The van der Waals surface area contributed by atoms with Crippen LogP contribution in [0.2, 0.25) is 0 Å². The number of rotatable bonds is 9. The molecule has 3 rings (SSSR count). The largest absolute Gasteiger partial charge is 0.493 e. The summed E-state index contributed by atoms with van der Waals surface area (Å²) in [5.41, 5.74) is 0.740. The minimum atomic E-state index is -3.41. The zero-order valence-electron chi connectivity index (χ0n) is 18.4. The topological polar surface area (TPSA) is 136 Å². The van der Waals surface area contributed by atoms with Crippen LogP contribution < -0.4 is 24.8 Å². The van der Waals surface area contributed by atoms with E-state index in [0.717, 1.165) is 17.6 Å². The number of anilines is 2. The second kappa shape index (κ2) is 11.3. The van der Waals surface area contributed by atoms with Gasteiger partial charge in [0.2, 0.25) is 10.0 Å². The molecule has 2 aromatic carbocycles. The number of amides is 2. The normalized spacial score (nSPS) is 11.0. The molecule has 0 saturated carbocycles. The lowest BCUT2D eigenvalue weighted by Gasteiger charge is -2.13. The minimum absolute atomic E-state index is 0.0266. The monoisotopic (exact) mass is 522 g/mol. The predicted molar refractivity (Wildman–Crippen MR) is 132 cm³/mol. The molecule has 1 aromatic heterocycles. The van der Waals surface area contributed by atoms with Crippen LogP contribution in [0, 0.1) is 0 Å². The maximum atomic E-state index is 12.5. The highest BCUT2D eigenvalue weighted by atomic mass is 32.2. The van der Waals surface area contributed by atoms with E-state index in [1.807, 2.05) is 0 Å². The van der Waals surface area contributed by atoms with Crippen LogP contribution in [0.1, 0.15) is 5.69 Å². The molecule has 10 nitrogen and oxygen atoms in total. The van der Waals surface area contributed by atoms with Gasteiger partial charge in [-0.3, -0.25) is 14.9 Å². The van der Waals surface area contributed by atoms with Crippen molar-refractivity contribution in [2.24, 2.45) is 0 Å². The molecule has 0 aliphatic carbocycles. The molecule has 3 aromatic rings. The Bertz CT molecular complexity index is 1290. The Kier molecular flexibility index (Phi) is 8.50. The van der Waals surface area contributed by atoms with E-state index in [1.165, 1.54) is 18.9 Å². The zero-order valence-corrected chi connectivity index (χ0v) is 20.9. The van der Waals surface area contributed by atoms with Crippen LogP contribution in [0.15, 0.2) is 52.7 Å². The van der Waals surface area contributed by atoms with E-state index in [4.69, 9.17) is 9.47 Å². The molecular weight excluding hydrogens is 500 g/mol. The standard InChI is InChI=1S/C21H22N4O6S3/c1-30-16-10-6-7-11-17(16)31-15-9-5-4-8-13(15)23-18(26)19(27)25-21-24-14(20(32-2)33-21)12-22-34(3,28)29/h4-11,22H,12H2,1-3H3,(H,23,26)(H,24,25,27). The summed E-state index contributed by atoms with van der Waals surface area (Å²) in [5, 5.41) is 5.15. The lowest BCUT2D eigenvalue weighted by molar-refractivity contribution is -0.133. The molecule has 2 amide bonds. The molecule has 0 aliphatic rings. The van der Waals surface area contributed by atoms with E-state index in [0.29, 0.717) is 27.2 Å². The number of sulfonamides is 1. The van der Waals surface area contributed by atoms with Crippen molar-refractivity contribution in [3.8, 4) is 17.2 Å². The van der Waals surface area contributed by atoms with Crippen molar-refractivity contribution in [3.05, 3.63) is 54.2 Å². The van der Waals surface area contributed by atoms with Crippen LogP contribution in [0.25, 0.3) is 0 Å². The van der Waals surface area contributed by atoms with Crippen LogP contribution in [0.3, 0.4) is 0 Å². The first-order valence-corrected chi connectivity index (χ1v) is 13.6. The number of hydrogen-bond acceptors (Lipinski definition) is 9. The number of nitrogens with zero attached hydrogens (tertiary/aromatic N) is 1. The van der Waals surface area contributed by atoms with Crippen LogP contribution >= 0.6 is 23.1 Å². The number of aromatic nitrogens is 1. The first-order chi connectivity index (χ1) is 16.2. The Morgan fingerprint density at radius 1 is 1.00 bits per heavy atom. The third kappa shape index (κ3) is 6.93. The van der Waals surface area contributed by atoms with Gasteiger partial charge < -0.3 is 14.8 Å². The van der Waals surface area contributed by atoms with E-state index >= 15 is 0 Å². The number of nitrogens with one attached hydrogen (secondary N) is 3. The van der Waals surface area contributed by atoms with Crippen LogP contribution in [-0.2, 0) is 26.2 Å². The first-order valence-electron chi connectivity index (χ1n) is 9.70. The predicted octanol–water partition coefficient (Wildman–Crippen LogP) is 3.29. The first kappa shape index (κ1) is 25.5. The molecule has 0 aliphatic heterocycles. The molecule has 1 heterocycles. The molecule has 180 valence electrons. The van der Waals surface area contributed by atoms with Crippen molar-refractivity contribution in [3.63, 3.8) is 0 Å². The van der Waals surface area contributed by atoms with Crippen molar-refractivity contribution < 1.29 is 27.5 Å². The number of carbonyl (C=O) groups excluding carboxylic acids is 2. The summed E-state index contributed by atoms with van der Waals surface area (Å²) < 4.78 is 36.9. The fraction of sp³-hybridized carbons (Fsp3) is 0.190. The van der Waals surface area contributed by atoms with Gasteiger partial charge in [-0.15, -0.1) is 11.8 Å². The van der Waals surface area contributed by atoms with Crippen LogP contribution in [-0.4, -0.2) is 44.8 Å². The van der Waals surface area contributed by atoms with Crippen molar-refractivity contribution in [2.45, 2.75) is 10.8 Å². The number of para-hydroxylation sites is 4. The Morgan fingerprint density at radius 2 is 1.62 bits per heavy atom. The van der Waals surface area contributed by atoms with E-state index in [1.54, 1.807) is 54.8 Å². The van der Waals surface area contributed by atoms with Gasteiger partial charge in [-0.25, -0.2) is 18.1 Å². The van der Waals surface area contributed by atoms with E-state index in [9.17, 15) is 18.0 Å². The molecule has 0 spiro atoms. The highest BCUT2D eigenvalue weighted by Crippen LogP contribution is 2.35. The zero-order chi connectivity index (χ0) is 24.7. The van der Waals surface area contributed by atoms with Crippen molar-refractivity contribution in [2.75, 3.05) is 30.3 Å². The molecule has 3 N–H and O–H groups in total. The number of carbonyl (C=O) groups is 2. The van der Waals surface area contributed by atoms with Gasteiger partial charge in [-0.2, -0.15) is 0 Å². The number of ether oxygens (including phenoxy) is 2. The summed E-state index contributed by atoms with van der Waals surface area (Å²) in [6.45, 7) is -0.0266. The maximum Gasteiger partial charge on any atom is 0.315 e. The average molecular weight is 523 g/mol. The highest BCUT2D eigenvalue weighted by molar-refractivity contribution is 8.00. The van der Waals surface area contributed by atoms with E-state index in [-0.39, 0.29) is 17.4 Å². The SMILES string of the molecule is COc1ccccc1Oc1ccccc1NC(=O)C(=O)Nc1nc(CNS(C)(=O)=O)c(SC)s1. The molecule has 34 heavy (non-hydrogen) atoms. The van der Waals surface area contributed by atoms with Crippen LogP contribution in [0.5, 0.6) is 17.2 Å². The highest BCUT2D eigenvalue weighted by Gasteiger charge is 2.20. The van der Waals surface area contributed by atoms with Crippen LogP contribution in [0.4, 0.5) is 10.8 Å². The summed E-state index contributed by atoms with van der Waals surface area (Å²) in [6.07, 6.45) is 2.84. The fourth-order valence-electron chi connectivity index (χ4n) is 2.68. The van der Waals surface area contributed by atoms with Crippen molar-refractivity contribution in [1.82, 2.24) is 9.71 Å². The van der Waals surface area contributed by atoms with Gasteiger partial charge in [0.05, 0.1) is 35.5 Å². The number of thiazole rings is 1. The molecule has 0 unspecified atom stereocenters. The minimum Gasteiger partial charge on any atom is -0.493 e. The van der Waals surface area contributed by atoms with Gasteiger partial charge in [0.15, 0.2) is 22.4 Å². The average Bonchev–Trinajstić information content (AvgIpc) is 3.20. The van der Waals surface area contributed by atoms with Gasteiger partial charge in [-0.1, -0.05) is 35.6 Å². The number of hydrogen-bond donors (Lipinski definition) is 3. The van der Waals surface area contributed by atoms with E-state index < -0.39 is 21.8 Å². The Balaban J connectivity index is 1.70. The Hall–Kier alpha value is -3.13. The third-order valence-electron chi connectivity index (χ3n) is 4.20. The fourth-order valence-corrected chi connectivity index (χ4v) is 4.71. The Morgan fingerprint density at radius 3 is 2.26 bits per heavy atom. The smallest absolute Gasteiger partial charge is 0.315 e. The van der Waals surface area contributed by atoms with E-state index in [2.05, 4.69) is 20.3 Å². The number of methoxy groups -OCH3 is 1. The summed E-state index contributed by atoms with van der Waals surface area (Å²) in [4.78, 5) is 29.2. The molecule has 0 bridgehead atoms. The summed E-state index contributed by atoms with van der Waals surface area (Å²) >= 11 is 2.49. The molecule has 0 radical (unpaired) electrons. The van der Waals surface area contributed by atoms with Gasteiger partial charge in [-0.05, 0) is 30.5 Å². The Labute approximate surface area is 205 Å². The molecular formula is C21H22N4O6S3. The second-order valence-corrected chi connectivity index (χ2v) is 10.6. The molecule has 0 fully saturated rings. The number of benzene rings is 2.